The van der Waals surface area contributed by atoms with E-state index in [2.05, 4.69) is 5.73 Å². The van der Waals surface area contributed by atoms with Crippen molar-refractivity contribution < 1.29 is 19.5 Å². The normalized spacial score (nSPS) is 9.45. The second-order valence-electron chi connectivity index (χ2n) is 1.51. The molecule has 0 rings (SSSR count). The van der Waals surface area contributed by atoms with Gasteiger partial charge in [-0.3, -0.25) is 10.1 Å². The van der Waals surface area contributed by atoms with Crippen molar-refractivity contribution >= 4 is 17.9 Å². The Hall–Kier alpha value is -1.85. The van der Waals surface area contributed by atoms with Gasteiger partial charge in [-0.1, -0.05) is 0 Å². The van der Waals surface area contributed by atoms with Crippen LogP contribution in [-0.2, 0) is 9.59 Å². The number of carboxylic acid groups (broad SMARTS) is 1. The number of carbonyl (C=O) groups is 3. The van der Waals surface area contributed by atoms with Gasteiger partial charge in [-0.2, -0.15) is 0 Å². The van der Waals surface area contributed by atoms with Crippen molar-refractivity contribution in [2.75, 3.05) is 0 Å². The Morgan fingerprint density at radius 3 is 2.18 bits per heavy atom. The molecule has 0 fully saturated rings. The zero-order valence-electron chi connectivity index (χ0n) is 5.37. The van der Waals surface area contributed by atoms with Gasteiger partial charge in [-0.25, -0.2) is 4.79 Å². The molecule has 60 valence electrons. The molecular formula is C5H5N2O4-. The third-order valence-corrected chi connectivity index (χ3v) is 0.617. The maximum absolute atomic E-state index is 10.4. The quantitative estimate of drug-likeness (QED) is 0.431. The number of primary amides is 1. The monoisotopic (exact) mass is 157 g/mol. The summed E-state index contributed by atoms with van der Waals surface area (Å²) in [7, 11) is 0. The Balaban J connectivity index is 3.88. The summed E-state index contributed by atoms with van der Waals surface area (Å²) >= 11 is 0. The predicted octanol–water partition coefficient (Wildman–Crippen LogP) is -2.51. The lowest BCUT2D eigenvalue weighted by molar-refractivity contribution is -0.297. The van der Waals surface area contributed by atoms with Gasteiger partial charge < -0.3 is 15.6 Å². The van der Waals surface area contributed by atoms with Gasteiger partial charge in [-0.05, 0) is 6.08 Å². The summed E-state index contributed by atoms with van der Waals surface area (Å²) in [5.41, 5.74) is 4.53. The van der Waals surface area contributed by atoms with Gasteiger partial charge in [-0.15, -0.1) is 0 Å². The summed E-state index contributed by atoms with van der Waals surface area (Å²) in [5, 5.41) is 11.3. The van der Waals surface area contributed by atoms with Crippen molar-refractivity contribution in [1.29, 1.82) is 0 Å². The van der Waals surface area contributed by atoms with Crippen molar-refractivity contribution in [3.8, 4) is 0 Å². The van der Waals surface area contributed by atoms with E-state index in [1.807, 2.05) is 0 Å². The molecule has 0 aromatic rings. The highest BCUT2D eigenvalue weighted by Gasteiger charge is 1.96. The van der Waals surface area contributed by atoms with Crippen molar-refractivity contribution in [3.63, 3.8) is 0 Å². The van der Waals surface area contributed by atoms with Crippen molar-refractivity contribution in [2.24, 2.45) is 5.73 Å². The highest BCUT2D eigenvalue weighted by Crippen LogP contribution is 1.70. The molecule has 6 nitrogen and oxygen atoms in total. The third kappa shape index (κ3) is 6.03. The number of hydrogen-bond acceptors (Lipinski definition) is 4. The zero-order chi connectivity index (χ0) is 8.85. The number of aliphatic carboxylic acids is 1. The summed E-state index contributed by atoms with van der Waals surface area (Å²) in [5.74, 6) is -2.42. The minimum atomic E-state index is -1.52. The van der Waals surface area contributed by atoms with Gasteiger partial charge in [0.15, 0.2) is 0 Å². The van der Waals surface area contributed by atoms with Crippen LogP contribution in [0.25, 0.3) is 0 Å². The molecule has 0 saturated carbocycles. The van der Waals surface area contributed by atoms with Gasteiger partial charge in [0.2, 0.25) is 0 Å². The number of rotatable bonds is 2. The lowest BCUT2D eigenvalue weighted by atomic mass is 10.5. The Morgan fingerprint density at radius 1 is 1.27 bits per heavy atom. The van der Waals surface area contributed by atoms with Gasteiger partial charge in [0, 0.05) is 6.08 Å². The summed E-state index contributed by atoms with van der Waals surface area (Å²) in [4.78, 5) is 30.0. The molecule has 6 heteroatoms. The van der Waals surface area contributed by atoms with Gasteiger partial charge >= 0.3 is 6.03 Å². The highest BCUT2D eigenvalue weighted by atomic mass is 16.4. The molecule has 0 aliphatic carbocycles. The van der Waals surface area contributed by atoms with E-state index in [9.17, 15) is 19.5 Å². The van der Waals surface area contributed by atoms with E-state index in [0.717, 1.165) is 0 Å². The van der Waals surface area contributed by atoms with Crippen molar-refractivity contribution in [2.45, 2.75) is 0 Å². The first-order chi connectivity index (χ1) is 5.02. The standard InChI is InChI=1S/C5H6N2O4/c6-5(11)7-3(8)1-2-4(9)10/h1-2H,(H,9,10)(H3,6,7,8,11)/p-1. The summed E-state index contributed by atoms with van der Waals surface area (Å²) < 4.78 is 0. The van der Waals surface area contributed by atoms with Crippen LogP contribution in [0.4, 0.5) is 4.79 Å². The van der Waals surface area contributed by atoms with E-state index in [0.29, 0.717) is 12.2 Å². The number of amides is 3. The molecule has 0 atom stereocenters. The number of carbonyl (C=O) groups excluding carboxylic acids is 3. The first-order valence-electron chi connectivity index (χ1n) is 2.52. The van der Waals surface area contributed by atoms with E-state index in [-0.39, 0.29) is 0 Å². The minimum Gasteiger partial charge on any atom is -0.545 e. The summed E-state index contributed by atoms with van der Waals surface area (Å²) in [6.45, 7) is 0. The van der Waals surface area contributed by atoms with E-state index in [4.69, 9.17) is 0 Å². The molecule has 0 radical (unpaired) electrons. The largest absolute Gasteiger partial charge is 0.545 e. The molecule has 0 aliphatic rings. The fourth-order valence-electron chi connectivity index (χ4n) is 0.307. The molecule has 0 unspecified atom stereocenters. The van der Waals surface area contributed by atoms with Crippen LogP contribution in [0.1, 0.15) is 0 Å². The molecule has 0 aliphatic heterocycles. The van der Waals surface area contributed by atoms with Crippen LogP contribution in [0, 0.1) is 0 Å². The van der Waals surface area contributed by atoms with Crippen molar-refractivity contribution in [1.82, 2.24) is 5.32 Å². The van der Waals surface area contributed by atoms with Gasteiger partial charge in [0.05, 0.1) is 5.97 Å². The Kier molecular flexibility index (Phi) is 3.36. The molecule has 0 saturated heterocycles. The lowest BCUT2D eigenvalue weighted by Crippen LogP contribution is -2.34. The Bertz CT molecular complexity index is 221. The van der Waals surface area contributed by atoms with E-state index < -0.39 is 17.9 Å². The van der Waals surface area contributed by atoms with Gasteiger partial charge in [0.1, 0.15) is 0 Å². The Labute approximate surface area is 61.7 Å². The van der Waals surface area contributed by atoms with Crippen LogP contribution in [0.2, 0.25) is 0 Å². The SMILES string of the molecule is NC(=O)NC(=O)C=CC(=O)[O-]. The summed E-state index contributed by atoms with van der Waals surface area (Å²) in [6, 6.07) is -1.04. The second kappa shape index (κ2) is 4.04. The van der Waals surface area contributed by atoms with Crippen LogP contribution < -0.4 is 16.2 Å². The molecule has 0 heterocycles. The number of urea groups is 1. The van der Waals surface area contributed by atoms with Crippen LogP contribution in [0.5, 0.6) is 0 Å². The molecule has 0 bridgehead atoms. The highest BCUT2D eigenvalue weighted by molar-refractivity contribution is 6.01. The van der Waals surface area contributed by atoms with E-state index in [1.165, 1.54) is 0 Å². The maximum atomic E-state index is 10.4. The number of carboxylic acids is 1. The fourth-order valence-corrected chi connectivity index (χ4v) is 0.307. The third-order valence-electron chi connectivity index (χ3n) is 0.617. The van der Waals surface area contributed by atoms with E-state index in [1.54, 1.807) is 5.32 Å². The molecule has 0 spiro atoms. The lowest BCUT2D eigenvalue weighted by Gasteiger charge is -1.93. The zero-order valence-corrected chi connectivity index (χ0v) is 5.37. The second-order valence-corrected chi connectivity index (χ2v) is 1.51. The minimum absolute atomic E-state index is 0.484. The number of nitrogens with two attached hydrogens (primary N) is 1. The van der Waals surface area contributed by atoms with Crippen molar-refractivity contribution in [3.05, 3.63) is 12.2 Å². The Morgan fingerprint density at radius 2 is 1.82 bits per heavy atom. The molecule has 3 N–H and O–H groups in total. The molecule has 11 heavy (non-hydrogen) atoms. The van der Waals surface area contributed by atoms with Crippen LogP contribution in [0.15, 0.2) is 12.2 Å². The van der Waals surface area contributed by atoms with E-state index >= 15 is 0 Å². The molecule has 3 amide bonds. The topological polar surface area (TPSA) is 112 Å². The first-order valence-corrected chi connectivity index (χ1v) is 2.52. The average molecular weight is 157 g/mol. The van der Waals surface area contributed by atoms with Crippen LogP contribution in [0.3, 0.4) is 0 Å². The number of nitrogens with one attached hydrogen (secondary N) is 1. The molecular weight excluding hydrogens is 152 g/mol. The maximum Gasteiger partial charge on any atom is 0.319 e. The number of imide groups is 1. The number of hydrogen-bond donors (Lipinski definition) is 2. The van der Waals surface area contributed by atoms with Crippen LogP contribution in [-0.4, -0.2) is 17.9 Å². The first kappa shape index (κ1) is 9.15. The summed E-state index contributed by atoms with van der Waals surface area (Å²) in [6.07, 6.45) is 1.11. The van der Waals surface area contributed by atoms with Crippen LogP contribution >= 0.6 is 0 Å². The molecule has 0 aromatic carbocycles. The smallest absolute Gasteiger partial charge is 0.319 e. The predicted molar refractivity (Wildman–Crippen MR) is 31.9 cm³/mol. The van der Waals surface area contributed by atoms with Gasteiger partial charge in [0.25, 0.3) is 5.91 Å². The molecule has 0 aromatic heterocycles. The average Bonchev–Trinajstić information content (AvgIpc) is 1.82. The fraction of sp³-hybridized carbons (Fsp3) is 0.